The van der Waals surface area contributed by atoms with Crippen LogP contribution in [-0.2, 0) is 34.2 Å². The number of halogens is 1. The van der Waals surface area contributed by atoms with Gasteiger partial charge in [0, 0.05) is 38.9 Å². The number of nitrogens with one attached hydrogen (secondary N) is 1. The Bertz CT molecular complexity index is 1310. The Morgan fingerprint density at radius 3 is 2.41 bits per heavy atom. The number of hydrogen-bond acceptors (Lipinski definition) is 5. The zero-order chi connectivity index (χ0) is 26.4. The zero-order valence-electron chi connectivity index (χ0n) is 20.8. The van der Waals surface area contributed by atoms with E-state index in [1.54, 1.807) is 24.1 Å². The van der Waals surface area contributed by atoms with E-state index < -0.39 is 15.8 Å². The third kappa shape index (κ3) is 7.15. The number of rotatable bonds is 10. The average Bonchev–Trinajstić information content (AvgIpc) is 3.33. The van der Waals surface area contributed by atoms with Crippen LogP contribution in [0.5, 0.6) is 0 Å². The van der Waals surface area contributed by atoms with Crippen LogP contribution in [0.4, 0.5) is 10.1 Å². The quantitative estimate of drug-likeness (QED) is 0.425. The summed E-state index contributed by atoms with van der Waals surface area (Å²) in [4.78, 5) is 16.7. The molecule has 9 heteroatoms. The van der Waals surface area contributed by atoms with Crippen molar-refractivity contribution >= 4 is 21.6 Å². The largest absolute Gasteiger partial charge is 0.391 e. The lowest BCUT2D eigenvalue weighted by molar-refractivity contribution is -0.129. The monoisotopic (exact) mass is 525 g/mol. The number of aliphatic hydroxyl groups is 1. The number of nitrogens with zero attached hydrogens (tertiary/aromatic N) is 2. The lowest BCUT2D eigenvalue weighted by atomic mass is 10.1. The van der Waals surface area contributed by atoms with Crippen LogP contribution in [0, 0.1) is 5.82 Å². The third-order valence-electron chi connectivity index (χ3n) is 6.61. The van der Waals surface area contributed by atoms with Gasteiger partial charge in [-0.3, -0.25) is 4.79 Å². The summed E-state index contributed by atoms with van der Waals surface area (Å²) in [6.45, 7) is 2.13. The molecule has 0 radical (unpaired) electrons. The van der Waals surface area contributed by atoms with Crippen LogP contribution in [0.3, 0.4) is 0 Å². The highest BCUT2D eigenvalue weighted by molar-refractivity contribution is 7.89. The average molecular weight is 526 g/mol. The first-order chi connectivity index (χ1) is 17.7. The first kappa shape index (κ1) is 26.8. The summed E-state index contributed by atoms with van der Waals surface area (Å²) in [7, 11) is -1.95. The number of carbonyl (C=O) groups is 1. The van der Waals surface area contributed by atoms with Gasteiger partial charge in [0.05, 0.1) is 17.4 Å². The van der Waals surface area contributed by atoms with Crippen molar-refractivity contribution in [1.82, 2.24) is 9.62 Å². The molecular weight excluding hydrogens is 493 g/mol. The van der Waals surface area contributed by atoms with Crippen molar-refractivity contribution in [2.75, 3.05) is 31.6 Å². The molecule has 0 spiro atoms. The third-order valence-corrected chi connectivity index (χ3v) is 8.02. The lowest BCUT2D eigenvalue weighted by Crippen LogP contribution is -2.30. The minimum atomic E-state index is -3.75. The van der Waals surface area contributed by atoms with E-state index in [0.717, 1.165) is 53.9 Å². The molecular formula is C28H32FN3O4S. The van der Waals surface area contributed by atoms with Gasteiger partial charge in [-0.1, -0.05) is 42.5 Å². The van der Waals surface area contributed by atoms with E-state index in [9.17, 15) is 22.7 Å². The van der Waals surface area contributed by atoms with Crippen molar-refractivity contribution in [1.29, 1.82) is 0 Å². The lowest BCUT2D eigenvalue weighted by Gasteiger charge is -2.23. The number of benzene rings is 3. The predicted octanol–water partition coefficient (Wildman–Crippen LogP) is 3.12. The van der Waals surface area contributed by atoms with Crippen molar-refractivity contribution in [2.24, 2.45) is 0 Å². The summed E-state index contributed by atoms with van der Waals surface area (Å²) >= 11 is 0. The molecule has 37 heavy (non-hydrogen) atoms. The Balaban J connectivity index is 1.28. The number of sulfonamides is 1. The van der Waals surface area contributed by atoms with Gasteiger partial charge >= 0.3 is 0 Å². The second-order valence-corrected chi connectivity index (χ2v) is 11.1. The number of likely N-dealkylation sites (N-methyl/N-ethyl adjacent to an activating group) is 1. The number of amides is 1. The van der Waals surface area contributed by atoms with E-state index in [2.05, 4.69) is 21.8 Å². The zero-order valence-corrected chi connectivity index (χ0v) is 21.6. The molecule has 1 fully saturated rings. The second kappa shape index (κ2) is 11.9. The van der Waals surface area contributed by atoms with E-state index in [0.29, 0.717) is 13.1 Å². The highest BCUT2D eigenvalue weighted by atomic mass is 32.2. The molecule has 0 saturated carbocycles. The highest BCUT2D eigenvalue weighted by Gasteiger charge is 2.22. The van der Waals surface area contributed by atoms with Gasteiger partial charge in [-0.15, -0.1) is 0 Å². The summed E-state index contributed by atoms with van der Waals surface area (Å²) in [6, 6.07) is 20.0. The molecule has 3 aromatic carbocycles. The number of para-hydroxylation sites is 1. The van der Waals surface area contributed by atoms with E-state index in [4.69, 9.17) is 0 Å². The normalized spacial score (nSPS) is 15.6. The summed E-state index contributed by atoms with van der Waals surface area (Å²) in [5.41, 5.74) is 3.86. The summed E-state index contributed by atoms with van der Waals surface area (Å²) < 4.78 is 40.3. The maximum atomic E-state index is 13.1. The van der Waals surface area contributed by atoms with Crippen molar-refractivity contribution in [2.45, 2.75) is 36.8 Å². The number of hydrogen-bond donors (Lipinski definition) is 2. The molecule has 0 unspecified atom stereocenters. The SMILES string of the molecule is CN(CCc1ccccc1N1CC[C@H](O)C1)C(=O)Cc1ccc(CNS(=O)(=O)c2ccc(F)cc2)cc1. The number of β-amino-alcohol motifs (C(OH)–C–C–N with tert-alkyl or cyclic N) is 1. The van der Waals surface area contributed by atoms with Crippen LogP contribution in [0.15, 0.2) is 77.7 Å². The molecule has 3 aromatic rings. The summed E-state index contributed by atoms with van der Waals surface area (Å²) in [5, 5.41) is 9.88. The van der Waals surface area contributed by atoms with Gasteiger partial charge in [0.25, 0.3) is 0 Å². The topological polar surface area (TPSA) is 89.9 Å². The van der Waals surface area contributed by atoms with Gasteiger partial charge in [0.15, 0.2) is 0 Å². The first-order valence-electron chi connectivity index (χ1n) is 12.3. The molecule has 1 amide bonds. The fourth-order valence-corrected chi connectivity index (χ4v) is 5.38. The molecule has 7 nitrogen and oxygen atoms in total. The molecule has 1 saturated heterocycles. The van der Waals surface area contributed by atoms with Crippen LogP contribution in [0.25, 0.3) is 0 Å². The fraction of sp³-hybridized carbons (Fsp3) is 0.321. The number of aliphatic hydroxyl groups excluding tert-OH is 1. The van der Waals surface area contributed by atoms with Gasteiger partial charge in [0.2, 0.25) is 15.9 Å². The smallest absolute Gasteiger partial charge is 0.240 e. The van der Waals surface area contributed by atoms with Crippen molar-refractivity contribution < 1.29 is 22.7 Å². The van der Waals surface area contributed by atoms with Gasteiger partial charge in [-0.05, 0) is 59.9 Å². The molecule has 0 bridgehead atoms. The Kier molecular flexibility index (Phi) is 8.58. The van der Waals surface area contributed by atoms with Crippen molar-refractivity contribution in [3.05, 3.63) is 95.3 Å². The summed E-state index contributed by atoms with van der Waals surface area (Å²) in [5.74, 6) is -0.499. The van der Waals surface area contributed by atoms with E-state index in [-0.39, 0.29) is 29.9 Å². The molecule has 1 atom stereocenters. The Labute approximate surface area is 217 Å². The van der Waals surface area contributed by atoms with Crippen LogP contribution in [0.1, 0.15) is 23.1 Å². The van der Waals surface area contributed by atoms with E-state index in [1.807, 2.05) is 24.3 Å². The van der Waals surface area contributed by atoms with Crippen LogP contribution in [0.2, 0.25) is 0 Å². The van der Waals surface area contributed by atoms with Gasteiger partial charge < -0.3 is 14.9 Å². The standard InChI is InChI=1S/C28H32FN3O4S/c1-31(16-14-23-4-2-3-5-27(23)32-17-15-25(33)20-32)28(34)18-21-6-8-22(9-7-21)19-30-37(35,36)26-12-10-24(29)11-13-26/h2-13,25,30,33H,14-20H2,1H3/t25-/m0/s1. The Morgan fingerprint density at radius 2 is 1.73 bits per heavy atom. The van der Waals surface area contributed by atoms with Crippen LogP contribution in [-0.4, -0.2) is 57.1 Å². The van der Waals surface area contributed by atoms with Crippen LogP contribution < -0.4 is 9.62 Å². The molecule has 1 aliphatic heterocycles. The van der Waals surface area contributed by atoms with Crippen molar-refractivity contribution in [3.8, 4) is 0 Å². The second-order valence-electron chi connectivity index (χ2n) is 9.35. The van der Waals surface area contributed by atoms with Crippen LogP contribution >= 0.6 is 0 Å². The Hall–Kier alpha value is -3.27. The van der Waals surface area contributed by atoms with Gasteiger partial charge in [0.1, 0.15) is 5.82 Å². The maximum Gasteiger partial charge on any atom is 0.240 e. The van der Waals surface area contributed by atoms with E-state index >= 15 is 0 Å². The summed E-state index contributed by atoms with van der Waals surface area (Å²) in [6.07, 6.45) is 1.45. The van der Waals surface area contributed by atoms with Gasteiger partial charge in [-0.2, -0.15) is 0 Å². The molecule has 0 aromatic heterocycles. The molecule has 4 rings (SSSR count). The molecule has 1 heterocycles. The highest BCUT2D eigenvalue weighted by Crippen LogP contribution is 2.25. The molecule has 1 aliphatic rings. The number of anilines is 1. The predicted molar refractivity (Wildman–Crippen MR) is 141 cm³/mol. The number of carbonyl (C=O) groups excluding carboxylic acids is 1. The minimum Gasteiger partial charge on any atom is -0.391 e. The maximum absolute atomic E-state index is 13.1. The van der Waals surface area contributed by atoms with Crippen molar-refractivity contribution in [3.63, 3.8) is 0 Å². The molecule has 0 aliphatic carbocycles. The van der Waals surface area contributed by atoms with Gasteiger partial charge in [-0.25, -0.2) is 17.5 Å². The molecule has 2 N–H and O–H groups in total. The minimum absolute atomic E-state index is 0.000186. The molecule has 196 valence electrons. The fourth-order valence-electron chi connectivity index (χ4n) is 4.36. The van der Waals surface area contributed by atoms with E-state index in [1.165, 1.54) is 12.1 Å². The first-order valence-corrected chi connectivity index (χ1v) is 13.8. The Morgan fingerprint density at radius 1 is 1.05 bits per heavy atom.